The van der Waals surface area contributed by atoms with Gasteiger partial charge in [-0.05, 0) is 50.7 Å². The Morgan fingerprint density at radius 1 is 1.38 bits per heavy atom. The van der Waals surface area contributed by atoms with Gasteiger partial charge in [-0.15, -0.1) is 10.2 Å². The van der Waals surface area contributed by atoms with Crippen LogP contribution >= 0.6 is 11.8 Å². The summed E-state index contributed by atoms with van der Waals surface area (Å²) in [5.74, 6) is 1.98. The van der Waals surface area contributed by atoms with Crippen LogP contribution in [0.15, 0.2) is 29.7 Å². The fourth-order valence-electron chi connectivity index (χ4n) is 2.87. The lowest BCUT2D eigenvalue weighted by molar-refractivity contribution is -0.119. The van der Waals surface area contributed by atoms with Crippen LogP contribution in [0.1, 0.15) is 38.6 Å². The Balaban J connectivity index is 1.45. The molecule has 0 bridgehead atoms. The lowest BCUT2D eigenvalue weighted by Crippen LogP contribution is -2.35. The molecule has 2 heterocycles. The number of nitrogens with zero attached hydrogens (tertiary/aromatic N) is 4. The zero-order chi connectivity index (χ0) is 16.5. The third-order valence-electron chi connectivity index (χ3n) is 4.55. The minimum Gasteiger partial charge on any atom is -0.353 e. The molecular formula is C17H21N5OS. The summed E-state index contributed by atoms with van der Waals surface area (Å²) < 4.78 is 2.17. The van der Waals surface area contributed by atoms with Crippen LogP contribution < -0.4 is 5.32 Å². The third kappa shape index (κ3) is 3.45. The molecule has 1 amide bonds. The number of rotatable bonds is 7. The van der Waals surface area contributed by atoms with E-state index in [1.165, 1.54) is 24.6 Å². The van der Waals surface area contributed by atoms with E-state index < -0.39 is 0 Å². The predicted molar refractivity (Wildman–Crippen MR) is 92.6 cm³/mol. The van der Waals surface area contributed by atoms with Crippen molar-refractivity contribution in [3.05, 3.63) is 24.5 Å². The highest BCUT2D eigenvalue weighted by Crippen LogP contribution is 2.41. The second kappa shape index (κ2) is 6.55. The minimum atomic E-state index is 0.0766. The number of thioether (sulfide) groups is 1. The predicted octanol–water partition coefficient (Wildman–Crippen LogP) is 2.68. The highest BCUT2D eigenvalue weighted by Gasteiger charge is 2.31. The molecule has 7 heteroatoms. The number of carbonyl (C=O) groups is 1. The van der Waals surface area contributed by atoms with Gasteiger partial charge < -0.3 is 5.32 Å². The summed E-state index contributed by atoms with van der Waals surface area (Å²) in [6.45, 7) is 2.09. The second-order valence-corrected chi connectivity index (χ2v) is 7.57. The van der Waals surface area contributed by atoms with Gasteiger partial charge in [-0.25, -0.2) is 0 Å². The molecule has 2 aliphatic carbocycles. The lowest BCUT2D eigenvalue weighted by atomic mass is 10.2. The maximum atomic E-state index is 12.1. The van der Waals surface area contributed by atoms with Gasteiger partial charge in [0.2, 0.25) is 5.91 Å². The van der Waals surface area contributed by atoms with E-state index in [4.69, 9.17) is 0 Å². The molecule has 24 heavy (non-hydrogen) atoms. The van der Waals surface area contributed by atoms with Crippen LogP contribution in [0, 0.1) is 5.92 Å². The van der Waals surface area contributed by atoms with Crippen molar-refractivity contribution in [2.45, 2.75) is 49.8 Å². The summed E-state index contributed by atoms with van der Waals surface area (Å²) >= 11 is 1.47. The van der Waals surface area contributed by atoms with Crippen molar-refractivity contribution in [3.8, 4) is 11.4 Å². The average molecular weight is 343 g/mol. The van der Waals surface area contributed by atoms with Gasteiger partial charge in [-0.2, -0.15) is 0 Å². The van der Waals surface area contributed by atoms with E-state index in [0.29, 0.717) is 17.7 Å². The molecule has 0 aliphatic heterocycles. The van der Waals surface area contributed by atoms with Crippen molar-refractivity contribution in [1.82, 2.24) is 25.1 Å². The fraction of sp³-hybridized carbons (Fsp3) is 0.529. The van der Waals surface area contributed by atoms with E-state index >= 15 is 0 Å². The van der Waals surface area contributed by atoms with Crippen molar-refractivity contribution in [3.63, 3.8) is 0 Å². The van der Waals surface area contributed by atoms with Gasteiger partial charge in [0, 0.05) is 30.0 Å². The van der Waals surface area contributed by atoms with Crippen molar-refractivity contribution < 1.29 is 4.79 Å². The molecule has 2 fully saturated rings. The summed E-state index contributed by atoms with van der Waals surface area (Å²) in [7, 11) is 0. The maximum Gasteiger partial charge on any atom is 0.230 e. The van der Waals surface area contributed by atoms with Gasteiger partial charge in [-0.3, -0.25) is 14.3 Å². The average Bonchev–Trinajstić information content (AvgIpc) is 3.51. The summed E-state index contributed by atoms with van der Waals surface area (Å²) in [6.07, 6.45) is 8.31. The Hall–Kier alpha value is -1.89. The van der Waals surface area contributed by atoms with Crippen molar-refractivity contribution in [2.75, 3.05) is 5.75 Å². The monoisotopic (exact) mass is 343 g/mol. The van der Waals surface area contributed by atoms with Crippen LogP contribution in [0.2, 0.25) is 0 Å². The SMILES string of the molecule is C[C@@H](NC(=O)CSc1nnc(-c2cccnc2)n1C1CC1)C1CC1. The molecule has 2 saturated carbocycles. The quantitative estimate of drug-likeness (QED) is 0.783. The molecule has 1 atom stereocenters. The van der Waals surface area contributed by atoms with E-state index in [2.05, 4.69) is 32.0 Å². The first kappa shape index (κ1) is 15.6. The van der Waals surface area contributed by atoms with Crippen LogP contribution in [0.4, 0.5) is 0 Å². The van der Waals surface area contributed by atoms with Gasteiger partial charge in [-0.1, -0.05) is 11.8 Å². The number of amides is 1. The number of hydrogen-bond acceptors (Lipinski definition) is 5. The zero-order valence-electron chi connectivity index (χ0n) is 13.7. The van der Waals surface area contributed by atoms with Crippen LogP contribution in [0.25, 0.3) is 11.4 Å². The first-order chi connectivity index (χ1) is 11.7. The Labute approximate surface area is 145 Å². The molecule has 0 aromatic carbocycles. The first-order valence-corrected chi connectivity index (χ1v) is 9.48. The summed E-state index contributed by atoms with van der Waals surface area (Å²) in [4.78, 5) is 16.3. The van der Waals surface area contributed by atoms with Crippen LogP contribution in [0.3, 0.4) is 0 Å². The Morgan fingerprint density at radius 3 is 2.88 bits per heavy atom. The number of aromatic nitrogens is 4. The van der Waals surface area contributed by atoms with Gasteiger partial charge in [0.15, 0.2) is 11.0 Å². The molecule has 0 saturated heterocycles. The van der Waals surface area contributed by atoms with E-state index in [-0.39, 0.29) is 11.9 Å². The molecule has 0 unspecified atom stereocenters. The minimum absolute atomic E-state index is 0.0766. The molecular weight excluding hydrogens is 322 g/mol. The van der Waals surface area contributed by atoms with Gasteiger partial charge in [0.1, 0.15) is 0 Å². The fourth-order valence-corrected chi connectivity index (χ4v) is 3.69. The Morgan fingerprint density at radius 2 is 2.21 bits per heavy atom. The Kier molecular flexibility index (Phi) is 4.26. The van der Waals surface area contributed by atoms with Crippen molar-refractivity contribution in [2.24, 2.45) is 5.92 Å². The summed E-state index contributed by atoms with van der Waals surface area (Å²) in [5, 5.41) is 12.6. The standard InChI is InChI=1S/C17H21N5OS/c1-11(12-4-5-12)19-15(23)10-24-17-21-20-16(22(17)14-6-7-14)13-3-2-8-18-9-13/h2-3,8-9,11-12,14H,4-7,10H2,1H3,(H,19,23)/t11-/m1/s1. The summed E-state index contributed by atoms with van der Waals surface area (Å²) in [5.41, 5.74) is 0.968. The van der Waals surface area contributed by atoms with Gasteiger partial charge >= 0.3 is 0 Å². The molecule has 4 rings (SSSR count). The van der Waals surface area contributed by atoms with Crippen molar-refractivity contribution >= 4 is 17.7 Å². The third-order valence-corrected chi connectivity index (χ3v) is 5.49. The van der Waals surface area contributed by atoms with E-state index in [9.17, 15) is 4.79 Å². The summed E-state index contributed by atoms with van der Waals surface area (Å²) in [6, 6.07) is 4.63. The highest BCUT2D eigenvalue weighted by atomic mass is 32.2. The lowest BCUT2D eigenvalue weighted by Gasteiger charge is -2.12. The molecule has 1 N–H and O–H groups in total. The smallest absolute Gasteiger partial charge is 0.230 e. The zero-order valence-corrected chi connectivity index (χ0v) is 14.5. The second-order valence-electron chi connectivity index (χ2n) is 6.63. The van der Waals surface area contributed by atoms with E-state index in [0.717, 1.165) is 29.4 Å². The Bertz CT molecular complexity index is 724. The number of nitrogens with one attached hydrogen (secondary N) is 1. The molecule has 6 nitrogen and oxygen atoms in total. The van der Waals surface area contributed by atoms with Crippen LogP contribution in [-0.2, 0) is 4.79 Å². The van der Waals surface area contributed by atoms with Crippen molar-refractivity contribution in [1.29, 1.82) is 0 Å². The van der Waals surface area contributed by atoms with Crippen LogP contribution in [0.5, 0.6) is 0 Å². The van der Waals surface area contributed by atoms with E-state index in [1.54, 1.807) is 12.4 Å². The molecule has 2 aliphatic rings. The first-order valence-electron chi connectivity index (χ1n) is 8.50. The maximum absolute atomic E-state index is 12.1. The topological polar surface area (TPSA) is 72.7 Å². The molecule has 2 aromatic rings. The molecule has 126 valence electrons. The number of carbonyl (C=O) groups excluding carboxylic acids is 1. The highest BCUT2D eigenvalue weighted by molar-refractivity contribution is 7.99. The normalized spacial score (nSPS) is 18.4. The molecule has 2 aromatic heterocycles. The van der Waals surface area contributed by atoms with E-state index in [1.807, 2.05) is 12.1 Å². The van der Waals surface area contributed by atoms with Crippen LogP contribution in [-0.4, -0.2) is 37.5 Å². The molecule has 0 spiro atoms. The molecule has 0 radical (unpaired) electrons. The number of hydrogen-bond donors (Lipinski definition) is 1. The van der Waals surface area contributed by atoms with Gasteiger partial charge in [0.05, 0.1) is 5.75 Å². The van der Waals surface area contributed by atoms with Gasteiger partial charge in [0.25, 0.3) is 0 Å². The number of pyridine rings is 1. The largest absolute Gasteiger partial charge is 0.353 e.